The molecule has 1 heterocycles. The van der Waals surface area contributed by atoms with Crippen LogP contribution in [0.2, 0.25) is 0 Å². The number of fused-ring (bicyclic) bond motifs is 1. The van der Waals surface area contributed by atoms with Gasteiger partial charge >= 0.3 is 12.1 Å². The van der Waals surface area contributed by atoms with Crippen LogP contribution in [0.25, 0.3) is 6.08 Å². The Morgan fingerprint density at radius 1 is 1.29 bits per heavy atom. The molecule has 1 aromatic rings. The third kappa shape index (κ3) is 4.16. The number of carbonyl (C=O) groups is 2. The molecule has 0 fully saturated rings. The number of esters is 1. The lowest BCUT2D eigenvalue weighted by Crippen LogP contribution is -2.42. The van der Waals surface area contributed by atoms with E-state index >= 15 is 0 Å². The van der Waals surface area contributed by atoms with Crippen LogP contribution in [0.5, 0.6) is 0 Å². The maximum atomic E-state index is 12.4. The smallest absolute Gasteiger partial charge is 0.410 e. The van der Waals surface area contributed by atoms with Crippen LogP contribution < -0.4 is 0 Å². The van der Waals surface area contributed by atoms with Gasteiger partial charge in [-0.15, -0.1) is 0 Å². The van der Waals surface area contributed by atoms with Crippen LogP contribution in [0.1, 0.15) is 50.4 Å². The molecule has 130 valence electrons. The second kappa shape index (κ2) is 7.07. The molecular formula is C19H25NO4. The van der Waals surface area contributed by atoms with Crippen molar-refractivity contribution in [2.75, 3.05) is 13.7 Å². The first-order valence-electron chi connectivity index (χ1n) is 8.10. The zero-order chi connectivity index (χ0) is 17.9. The van der Waals surface area contributed by atoms with Crippen molar-refractivity contribution in [1.82, 2.24) is 4.90 Å². The molecule has 0 radical (unpaired) electrons. The average Bonchev–Trinajstić information content (AvgIpc) is 2.51. The first kappa shape index (κ1) is 18.0. The predicted octanol–water partition coefficient (Wildman–Crippen LogP) is 3.73. The molecule has 1 aliphatic heterocycles. The molecule has 1 aliphatic rings. The van der Waals surface area contributed by atoms with Crippen molar-refractivity contribution < 1.29 is 19.1 Å². The fraction of sp³-hybridized carbons (Fsp3) is 0.474. The van der Waals surface area contributed by atoms with Gasteiger partial charge in [0.2, 0.25) is 0 Å². The van der Waals surface area contributed by atoms with Gasteiger partial charge in [-0.1, -0.05) is 18.2 Å². The van der Waals surface area contributed by atoms with E-state index in [0.717, 1.165) is 23.1 Å². The highest BCUT2D eigenvalue weighted by atomic mass is 16.6. The summed E-state index contributed by atoms with van der Waals surface area (Å²) in [4.78, 5) is 25.5. The molecule has 0 unspecified atom stereocenters. The lowest BCUT2D eigenvalue weighted by molar-refractivity contribution is -0.134. The number of carbonyl (C=O) groups excluding carboxylic acids is 2. The summed E-state index contributed by atoms with van der Waals surface area (Å²) in [5.74, 6) is -0.383. The van der Waals surface area contributed by atoms with Crippen LogP contribution in [0.3, 0.4) is 0 Å². The number of hydrogen-bond donors (Lipinski definition) is 0. The van der Waals surface area contributed by atoms with E-state index in [9.17, 15) is 9.59 Å². The van der Waals surface area contributed by atoms with Crippen molar-refractivity contribution in [3.63, 3.8) is 0 Å². The molecule has 0 aliphatic carbocycles. The minimum Gasteiger partial charge on any atom is -0.466 e. The van der Waals surface area contributed by atoms with Crippen LogP contribution in [-0.4, -0.2) is 36.2 Å². The van der Waals surface area contributed by atoms with Gasteiger partial charge < -0.3 is 14.4 Å². The Kier molecular flexibility index (Phi) is 5.32. The quantitative estimate of drug-likeness (QED) is 0.612. The summed E-state index contributed by atoms with van der Waals surface area (Å²) >= 11 is 0. The summed E-state index contributed by atoms with van der Waals surface area (Å²) in [6, 6.07) is 5.85. The van der Waals surface area contributed by atoms with Crippen LogP contribution in [0.15, 0.2) is 24.3 Å². The Morgan fingerprint density at radius 2 is 2.00 bits per heavy atom. The second-order valence-electron chi connectivity index (χ2n) is 6.87. The van der Waals surface area contributed by atoms with Crippen molar-refractivity contribution in [1.29, 1.82) is 0 Å². The molecule has 2 rings (SSSR count). The zero-order valence-electron chi connectivity index (χ0n) is 15.0. The lowest BCUT2D eigenvalue weighted by Gasteiger charge is -2.36. The highest BCUT2D eigenvalue weighted by Gasteiger charge is 2.31. The van der Waals surface area contributed by atoms with Gasteiger partial charge in [0, 0.05) is 12.6 Å². The van der Waals surface area contributed by atoms with E-state index in [-0.39, 0.29) is 18.1 Å². The predicted molar refractivity (Wildman–Crippen MR) is 92.6 cm³/mol. The van der Waals surface area contributed by atoms with Gasteiger partial charge in [0.25, 0.3) is 0 Å². The number of hydrogen-bond acceptors (Lipinski definition) is 4. The van der Waals surface area contributed by atoms with Gasteiger partial charge in [0.15, 0.2) is 0 Å². The van der Waals surface area contributed by atoms with E-state index in [4.69, 9.17) is 4.74 Å². The SMILES string of the molecule is COC(=O)/C=C/c1cccc2c1CCN(C(=O)OC(C)(C)C)[C@H]2C. The molecule has 0 saturated heterocycles. The van der Waals surface area contributed by atoms with Crippen LogP contribution in [-0.2, 0) is 20.7 Å². The van der Waals surface area contributed by atoms with E-state index in [1.807, 2.05) is 45.9 Å². The van der Waals surface area contributed by atoms with Gasteiger partial charge in [-0.25, -0.2) is 9.59 Å². The molecule has 0 bridgehead atoms. The van der Waals surface area contributed by atoms with Crippen molar-refractivity contribution >= 4 is 18.1 Å². The number of benzene rings is 1. The molecule has 1 aromatic carbocycles. The normalized spacial score (nSPS) is 17.5. The van der Waals surface area contributed by atoms with E-state index in [1.54, 1.807) is 11.0 Å². The minimum absolute atomic E-state index is 0.0740. The van der Waals surface area contributed by atoms with Crippen molar-refractivity contribution in [3.05, 3.63) is 41.0 Å². The lowest BCUT2D eigenvalue weighted by atomic mass is 9.90. The Bertz CT molecular complexity index is 658. The molecule has 1 amide bonds. The summed E-state index contributed by atoms with van der Waals surface area (Å²) in [5, 5.41) is 0. The third-order valence-corrected chi connectivity index (χ3v) is 4.00. The molecule has 0 N–H and O–H groups in total. The fourth-order valence-electron chi connectivity index (χ4n) is 2.85. The molecule has 24 heavy (non-hydrogen) atoms. The van der Waals surface area contributed by atoms with Crippen LogP contribution >= 0.6 is 0 Å². The molecule has 5 heteroatoms. The molecule has 5 nitrogen and oxygen atoms in total. The molecule has 0 spiro atoms. The summed E-state index contributed by atoms with van der Waals surface area (Å²) in [6.45, 7) is 8.18. The number of rotatable bonds is 2. The standard InChI is InChI=1S/C19H25NO4/c1-13-15-8-6-7-14(9-10-17(21)23-5)16(15)11-12-20(13)18(22)24-19(2,3)4/h6-10,13H,11-12H2,1-5H3/b10-9+/t13-/m0/s1. The first-order chi connectivity index (χ1) is 11.2. The highest BCUT2D eigenvalue weighted by molar-refractivity contribution is 5.87. The van der Waals surface area contributed by atoms with Crippen LogP contribution in [0, 0.1) is 0 Å². The number of ether oxygens (including phenoxy) is 2. The van der Waals surface area contributed by atoms with Gasteiger partial charge in [-0.3, -0.25) is 0 Å². The summed E-state index contributed by atoms with van der Waals surface area (Å²) in [5.41, 5.74) is 2.71. The molecule has 1 atom stereocenters. The van der Waals surface area contributed by atoms with E-state index in [2.05, 4.69) is 4.74 Å². The number of methoxy groups -OCH3 is 1. The van der Waals surface area contributed by atoms with Gasteiger partial charge in [0.05, 0.1) is 13.2 Å². The van der Waals surface area contributed by atoms with E-state index < -0.39 is 5.60 Å². The summed E-state index contributed by atoms with van der Waals surface area (Å²) in [7, 11) is 1.36. The first-order valence-corrected chi connectivity index (χ1v) is 8.10. The Hall–Kier alpha value is -2.30. The second-order valence-corrected chi connectivity index (χ2v) is 6.87. The highest BCUT2D eigenvalue weighted by Crippen LogP contribution is 2.32. The van der Waals surface area contributed by atoms with Crippen molar-refractivity contribution in [2.45, 2.75) is 45.8 Å². The van der Waals surface area contributed by atoms with Gasteiger partial charge in [-0.05, 0) is 56.9 Å². The molecule has 0 aromatic heterocycles. The Labute approximate surface area is 143 Å². The molecular weight excluding hydrogens is 306 g/mol. The Balaban J connectivity index is 2.25. The maximum absolute atomic E-state index is 12.4. The number of nitrogens with zero attached hydrogens (tertiary/aromatic N) is 1. The summed E-state index contributed by atoms with van der Waals surface area (Å²) < 4.78 is 10.1. The largest absolute Gasteiger partial charge is 0.466 e. The molecule has 0 saturated carbocycles. The van der Waals surface area contributed by atoms with E-state index in [0.29, 0.717) is 6.54 Å². The maximum Gasteiger partial charge on any atom is 0.410 e. The van der Waals surface area contributed by atoms with Crippen molar-refractivity contribution in [3.8, 4) is 0 Å². The third-order valence-electron chi connectivity index (χ3n) is 4.00. The van der Waals surface area contributed by atoms with E-state index in [1.165, 1.54) is 13.2 Å². The Morgan fingerprint density at radius 3 is 2.62 bits per heavy atom. The topological polar surface area (TPSA) is 55.8 Å². The van der Waals surface area contributed by atoms with Gasteiger partial charge in [-0.2, -0.15) is 0 Å². The minimum atomic E-state index is -0.512. The average molecular weight is 331 g/mol. The monoisotopic (exact) mass is 331 g/mol. The summed E-state index contributed by atoms with van der Waals surface area (Å²) in [6.07, 6.45) is 3.61. The fourth-order valence-corrected chi connectivity index (χ4v) is 2.85. The number of amides is 1. The van der Waals surface area contributed by atoms with Crippen molar-refractivity contribution in [2.24, 2.45) is 0 Å². The van der Waals surface area contributed by atoms with Gasteiger partial charge in [0.1, 0.15) is 5.60 Å². The van der Waals surface area contributed by atoms with Crippen LogP contribution in [0.4, 0.5) is 4.79 Å². The zero-order valence-corrected chi connectivity index (χ0v) is 15.0.